The molecule has 0 saturated heterocycles. The van der Waals surface area contributed by atoms with Gasteiger partial charge in [0.2, 0.25) is 0 Å². The molecule has 0 aliphatic carbocycles. The molecule has 114 valence electrons. The molecule has 0 aliphatic heterocycles. The van der Waals surface area contributed by atoms with Crippen molar-refractivity contribution in [1.29, 1.82) is 0 Å². The lowest BCUT2D eigenvalue weighted by Crippen LogP contribution is -2.09. The minimum absolute atomic E-state index is 0.234. The van der Waals surface area contributed by atoms with E-state index < -0.39 is 0 Å². The molecule has 0 aliphatic rings. The summed E-state index contributed by atoms with van der Waals surface area (Å²) in [7, 11) is 0. The lowest BCUT2D eigenvalue weighted by atomic mass is 10.0. The van der Waals surface area contributed by atoms with Gasteiger partial charge in [-0.1, -0.05) is 33.1 Å². The Morgan fingerprint density at radius 2 is 1.95 bits per heavy atom. The van der Waals surface area contributed by atoms with Crippen molar-refractivity contribution in [2.75, 3.05) is 6.61 Å². The van der Waals surface area contributed by atoms with Gasteiger partial charge in [0.15, 0.2) is 0 Å². The highest BCUT2D eigenvalue weighted by Gasteiger charge is 2.10. The number of hydrogen-bond acceptors (Lipinski definition) is 3. The highest BCUT2D eigenvalue weighted by Crippen LogP contribution is 2.24. The van der Waals surface area contributed by atoms with Gasteiger partial charge in [0, 0.05) is 17.0 Å². The van der Waals surface area contributed by atoms with Crippen molar-refractivity contribution in [2.24, 2.45) is 0 Å². The number of ether oxygens (including phenoxy) is 1. The van der Waals surface area contributed by atoms with Gasteiger partial charge in [-0.3, -0.25) is 0 Å². The highest BCUT2D eigenvalue weighted by molar-refractivity contribution is 5.82. The molecule has 1 aromatic carbocycles. The normalized spacial score (nSPS) is 11.0. The fraction of sp³-hybridized carbons (Fsp3) is 0.500. The third kappa shape index (κ3) is 3.66. The minimum Gasteiger partial charge on any atom is -0.493 e. The molecule has 0 atom stereocenters. The van der Waals surface area contributed by atoms with Crippen LogP contribution in [0.25, 0.3) is 11.0 Å². The van der Waals surface area contributed by atoms with Crippen molar-refractivity contribution in [3.63, 3.8) is 0 Å². The zero-order chi connectivity index (χ0) is 15.2. The third-order valence-corrected chi connectivity index (χ3v) is 3.88. The van der Waals surface area contributed by atoms with Crippen LogP contribution in [0, 0.1) is 6.92 Å². The molecule has 0 unspecified atom stereocenters. The lowest BCUT2D eigenvalue weighted by Gasteiger charge is -2.09. The van der Waals surface area contributed by atoms with Gasteiger partial charge in [0.05, 0.1) is 6.61 Å². The van der Waals surface area contributed by atoms with Crippen LogP contribution >= 0.6 is 0 Å². The zero-order valence-corrected chi connectivity index (χ0v) is 13.2. The molecule has 1 heterocycles. The van der Waals surface area contributed by atoms with Crippen molar-refractivity contribution < 1.29 is 9.15 Å². The Kier molecular flexibility index (Phi) is 5.43. The van der Waals surface area contributed by atoms with Crippen molar-refractivity contribution in [3.8, 4) is 5.75 Å². The lowest BCUT2D eigenvalue weighted by molar-refractivity contribution is 0.305. The Labute approximate surface area is 125 Å². The van der Waals surface area contributed by atoms with Crippen LogP contribution in [0.4, 0.5) is 0 Å². The van der Waals surface area contributed by atoms with E-state index in [-0.39, 0.29) is 5.63 Å². The van der Waals surface area contributed by atoms with E-state index in [1.807, 2.05) is 32.0 Å². The average Bonchev–Trinajstić information content (AvgIpc) is 2.47. The molecule has 3 nitrogen and oxygen atoms in total. The van der Waals surface area contributed by atoms with Crippen LogP contribution in [0.5, 0.6) is 5.75 Å². The van der Waals surface area contributed by atoms with E-state index in [4.69, 9.17) is 9.15 Å². The van der Waals surface area contributed by atoms with Crippen LogP contribution in [0.15, 0.2) is 27.4 Å². The van der Waals surface area contributed by atoms with E-state index in [0.717, 1.165) is 28.7 Å². The number of hydrogen-bond donors (Lipinski definition) is 0. The first-order chi connectivity index (χ1) is 10.2. The van der Waals surface area contributed by atoms with Crippen LogP contribution in [-0.4, -0.2) is 6.61 Å². The van der Waals surface area contributed by atoms with E-state index in [0.29, 0.717) is 18.6 Å². The summed E-state index contributed by atoms with van der Waals surface area (Å²) in [6.07, 6.45) is 5.41. The van der Waals surface area contributed by atoms with Crippen LogP contribution in [0.3, 0.4) is 0 Å². The SMILES string of the molecule is CCCCCCOc1ccc2c(C)c(CC)c(=O)oc2c1. The van der Waals surface area contributed by atoms with Gasteiger partial charge in [-0.15, -0.1) is 0 Å². The van der Waals surface area contributed by atoms with Gasteiger partial charge in [-0.25, -0.2) is 4.79 Å². The quantitative estimate of drug-likeness (QED) is 0.551. The average molecular weight is 288 g/mol. The second kappa shape index (κ2) is 7.30. The smallest absolute Gasteiger partial charge is 0.339 e. The Morgan fingerprint density at radius 3 is 2.67 bits per heavy atom. The highest BCUT2D eigenvalue weighted by atomic mass is 16.5. The number of rotatable bonds is 7. The zero-order valence-electron chi connectivity index (χ0n) is 13.2. The van der Waals surface area contributed by atoms with E-state index in [1.54, 1.807) is 0 Å². The monoisotopic (exact) mass is 288 g/mol. The van der Waals surface area contributed by atoms with Gasteiger partial charge in [0.25, 0.3) is 0 Å². The van der Waals surface area contributed by atoms with Gasteiger partial charge < -0.3 is 9.15 Å². The Morgan fingerprint density at radius 1 is 1.14 bits per heavy atom. The maximum Gasteiger partial charge on any atom is 0.339 e. The first-order valence-corrected chi connectivity index (χ1v) is 7.86. The van der Waals surface area contributed by atoms with Gasteiger partial charge in [-0.2, -0.15) is 0 Å². The summed E-state index contributed by atoms with van der Waals surface area (Å²) in [5.41, 5.74) is 2.15. The fourth-order valence-electron chi connectivity index (χ4n) is 2.59. The first-order valence-electron chi connectivity index (χ1n) is 7.86. The topological polar surface area (TPSA) is 39.4 Å². The Bertz CT molecular complexity index is 655. The molecule has 3 heteroatoms. The molecule has 0 bridgehead atoms. The largest absolute Gasteiger partial charge is 0.493 e. The van der Waals surface area contributed by atoms with Crippen molar-refractivity contribution in [1.82, 2.24) is 0 Å². The fourth-order valence-corrected chi connectivity index (χ4v) is 2.59. The molecule has 1 aromatic heterocycles. The van der Waals surface area contributed by atoms with Crippen LogP contribution < -0.4 is 10.4 Å². The van der Waals surface area contributed by atoms with E-state index in [2.05, 4.69) is 6.92 Å². The first kappa shape index (κ1) is 15.6. The van der Waals surface area contributed by atoms with Crippen molar-refractivity contribution in [2.45, 2.75) is 52.9 Å². The van der Waals surface area contributed by atoms with Crippen molar-refractivity contribution in [3.05, 3.63) is 39.7 Å². The standard InChI is InChI=1S/C18H24O3/c1-4-6-7-8-11-20-14-9-10-16-13(3)15(5-2)18(19)21-17(16)12-14/h9-10,12H,4-8,11H2,1-3H3. The summed E-state index contributed by atoms with van der Waals surface area (Å²) < 4.78 is 11.1. The molecule has 0 saturated carbocycles. The Hall–Kier alpha value is -1.77. The molecule has 21 heavy (non-hydrogen) atoms. The predicted molar refractivity (Wildman–Crippen MR) is 86.2 cm³/mol. The van der Waals surface area contributed by atoms with E-state index in [9.17, 15) is 4.79 Å². The minimum atomic E-state index is -0.234. The summed E-state index contributed by atoms with van der Waals surface area (Å²) in [6, 6.07) is 5.76. The summed E-state index contributed by atoms with van der Waals surface area (Å²) in [5.74, 6) is 0.769. The van der Waals surface area contributed by atoms with Crippen molar-refractivity contribution >= 4 is 11.0 Å². The maximum absolute atomic E-state index is 11.9. The van der Waals surface area contributed by atoms with Gasteiger partial charge in [-0.05, 0) is 37.5 Å². The van der Waals surface area contributed by atoms with Gasteiger partial charge in [0.1, 0.15) is 11.3 Å². The molecule has 0 spiro atoms. The van der Waals surface area contributed by atoms with E-state index in [1.165, 1.54) is 19.3 Å². The second-order valence-corrected chi connectivity index (χ2v) is 5.41. The summed E-state index contributed by atoms with van der Waals surface area (Å²) >= 11 is 0. The molecule has 0 N–H and O–H groups in total. The predicted octanol–water partition coefficient (Wildman–Crippen LogP) is 4.62. The summed E-state index contributed by atoms with van der Waals surface area (Å²) in [4.78, 5) is 11.9. The summed E-state index contributed by atoms with van der Waals surface area (Å²) in [6.45, 7) is 6.85. The molecule has 2 rings (SSSR count). The molecular weight excluding hydrogens is 264 g/mol. The van der Waals surface area contributed by atoms with Crippen LogP contribution in [0.1, 0.15) is 50.7 Å². The Balaban J connectivity index is 2.17. The molecule has 2 aromatic rings. The van der Waals surface area contributed by atoms with E-state index >= 15 is 0 Å². The summed E-state index contributed by atoms with van der Waals surface area (Å²) in [5, 5.41) is 0.991. The number of fused-ring (bicyclic) bond motifs is 1. The third-order valence-electron chi connectivity index (χ3n) is 3.88. The molecule has 0 fully saturated rings. The molecule has 0 radical (unpaired) electrons. The maximum atomic E-state index is 11.9. The number of unbranched alkanes of at least 4 members (excludes halogenated alkanes) is 3. The number of benzene rings is 1. The molecule has 0 amide bonds. The second-order valence-electron chi connectivity index (χ2n) is 5.41. The molecular formula is C18H24O3. The number of aryl methyl sites for hydroxylation is 1. The van der Waals surface area contributed by atoms with Crippen LogP contribution in [-0.2, 0) is 6.42 Å². The van der Waals surface area contributed by atoms with Crippen LogP contribution in [0.2, 0.25) is 0 Å². The van der Waals surface area contributed by atoms with Gasteiger partial charge >= 0.3 is 5.63 Å².